The largest absolute Gasteiger partial charge is 0.493 e. The number of aryl methyl sites for hydroxylation is 1. The molecule has 5 heteroatoms. The van der Waals surface area contributed by atoms with Crippen LogP contribution >= 0.6 is 0 Å². The molecule has 0 N–H and O–H groups in total. The predicted molar refractivity (Wildman–Crippen MR) is 87.4 cm³/mol. The number of ether oxygens (including phenoxy) is 2. The topological polar surface area (TPSA) is 61.6 Å². The van der Waals surface area contributed by atoms with Gasteiger partial charge >= 0.3 is 5.63 Å². The molecule has 23 heavy (non-hydrogen) atoms. The summed E-state index contributed by atoms with van der Waals surface area (Å²) in [7, 11) is 3.10. The first kappa shape index (κ1) is 15.1. The monoisotopic (exact) mass is 311 g/mol. The summed E-state index contributed by atoms with van der Waals surface area (Å²) in [5.41, 5.74) is 1.54. The fourth-order valence-electron chi connectivity index (χ4n) is 2.46. The molecule has 2 aromatic heterocycles. The minimum Gasteiger partial charge on any atom is -0.493 e. The minimum atomic E-state index is -0.390. The highest BCUT2D eigenvalue weighted by atomic mass is 16.5. The van der Waals surface area contributed by atoms with Gasteiger partial charge in [0.1, 0.15) is 5.76 Å². The number of aromatic nitrogens is 1. The smallest absolute Gasteiger partial charge is 0.343 e. The lowest BCUT2D eigenvalue weighted by molar-refractivity contribution is 0.355. The van der Waals surface area contributed by atoms with Crippen molar-refractivity contribution in [3.8, 4) is 11.5 Å². The van der Waals surface area contributed by atoms with Gasteiger partial charge in [-0.2, -0.15) is 0 Å². The van der Waals surface area contributed by atoms with E-state index in [2.05, 4.69) is 4.98 Å². The van der Waals surface area contributed by atoms with E-state index < -0.39 is 5.63 Å². The number of benzene rings is 1. The van der Waals surface area contributed by atoms with Crippen LogP contribution in [-0.2, 0) is 6.42 Å². The van der Waals surface area contributed by atoms with Crippen molar-refractivity contribution in [3.05, 3.63) is 64.0 Å². The SMILES string of the molecule is COc1cc2cc(Cc3ccc(C)nc3)oc(=O)c2cc1OC. The predicted octanol–water partition coefficient (Wildman–Crippen LogP) is 3.10. The van der Waals surface area contributed by atoms with Crippen molar-refractivity contribution in [2.24, 2.45) is 0 Å². The van der Waals surface area contributed by atoms with E-state index in [-0.39, 0.29) is 0 Å². The van der Waals surface area contributed by atoms with Crippen LogP contribution in [0.2, 0.25) is 0 Å². The van der Waals surface area contributed by atoms with Gasteiger partial charge in [-0.05, 0) is 42.1 Å². The number of hydrogen-bond acceptors (Lipinski definition) is 5. The Hall–Kier alpha value is -2.82. The summed E-state index contributed by atoms with van der Waals surface area (Å²) in [5.74, 6) is 1.66. The minimum absolute atomic E-state index is 0.390. The summed E-state index contributed by atoms with van der Waals surface area (Å²) in [4.78, 5) is 16.5. The van der Waals surface area contributed by atoms with Gasteiger partial charge in [-0.25, -0.2) is 4.79 Å². The van der Waals surface area contributed by atoms with E-state index in [1.54, 1.807) is 25.4 Å². The normalized spacial score (nSPS) is 10.7. The Labute approximate surface area is 133 Å². The van der Waals surface area contributed by atoms with Crippen LogP contribution in [0.5, 0.6) is 11.5 Å². The molecule has 3 aromatic rings. The number of fused-ring (bicyclic) bond motifs is 1. The first-order chi connectivity index (χ1) is 11.1. The summed E-state index contributed by atoms with van der Waals surface area (Å²) in [5, 5.41) is 1.22. The summed E-state index contributed by atoms with van der Waals surface area (Å²) in [6.07, 6.45) is 2.29. The molecule has 2 heterocycles. The van der Waals surface area contributed by atoms with Crippen LogP contribution in [0.25, 0.3) is 10.8 Å². The highest BCUT2D eigenvalue weighted by Crippen LogP contribution is 2.31. The van der Waals surface area contributed by atoms with Crippen LogP contribution in [0, 0.1) is 6.92 Å². The molecule has 3 rings (SSSR count). The average molecular weight is 311 g/mol. The molecular formula is C18H17NO4. The fraction of sp³-hybridized carbons (Fsp3) is 0.222. The molecule has 0 saturated carbocycles. The zero-order chi connectivity index (χ0) is 16.4. The van der Waals surface area contributed by atoms with E-state index in [1.807, 2.05) is 25.1 Å². The molecule has 0 bridgehead atoms. The van der Waals surface area contributed by atoms with Gasteiger partial charge in [-0.15, -0.1) is 0 Å². The van der Waals surface area contributed by atoms with Crippen molar-refractivity contribution in [2.75, 3.05) is 14.2 Å². The zero-order valence-corrected chi connectivity index (χ0v) is 13.3. The molecule has 0 aliphatic heterocycles. The zero-order valence-electron chi connectivity index (χ0n) is 13.3. The lowest BCUT2D eigenvalue weighted by Crippen LogP contribution is -2.04. The second-order valence-corrected chi connectivity index (χ2v) is 5.28. The third-order valence-corrected chi connectivity index (χ3v) is 3.67. The Morgan fingerprint density at radius 1 is 1.09 bits per heavy atom. The maximum absolute atomic E-state index is 12.2. The number of pyridine rings is 1. The van der Waals surface area contributed by atoms with Crippen molar-refractivity contribution in [3.63, 3.8) is 0 Å². The molecule has 0 unspecified atom stereocenters. The standard InChI is InChI=1S/C18H17NO4/c1-11-4-5-12(10-19-11)6-14-7-13-8-16(21-2)17(22-3)9-15(13)18(20)23-14/h4-5,7-10H,6H2,1-3H3. The summed E-state index contributed by atoms with van der Waals surface area (Å²) in [6, 6.07) is 9.17. The van der Waals surface area contributed by atoms with E-state index in [4.69, 9.17) is 13.9 Å². The van der Waals surface area contributed by atoms with Crippen molar-refractivity contribution in [1.82, 2.24) is 4.98 Å². The molecule has 0 spiro atoms. The Bertz CT molecular complexity index is 897. The maximum atomic E-state index is 12.2. The van der Waals surface area contributed by atoms with Gasteiger partial charge in [0.25, 0.3) is 0 Å². The van der Waals surface area contributed by atoms with Crippen LogP contribution < -0.4 is 15.1 Å². The molecule has 0 saturated heterocycles. The lowest BCUT2D eigenvalue weighted by atomic mass is 10.1. The molecule has 1 aromatic carbocycles. The van der Waals surface area contributed by atoms with Crippen LogP contribution in [0.4, 0.5) is 0 Å². The first-order valence-corrected chi connectivity index (χ1v) is 7.21. The molecule has 0 aliphatic carbocycles. The third kappa shape index (κ3) is 3.04. The van der Waals surface area contributed by atoms with Crippen molar-refractivity contribution in [2.45, 2.75) is 13.3 Å². The summed E-state index contributed by atoms with van der Waals surface area (Å²) in [6.45, 7) is 1.93. The average Bonchev–Trinajstić information content (AvgIpc) is 2.56. The van der Waals surface area contributed by atoms with Gasteiger partial charge in [-0.3, -0.25) is 4.98 Å². The van der Waals surface area contributed by atoms with Crippen LogP contribution in [-0.4, -0.2) is 19.2 Å². The van der Waals surface area contributed by atoms with E-state index in [0.717, 1.165) is 16.6 Å². The molecule has 0 fully saturated rings. The van der Waals surface area contributed by atoms with Crippen molar-refractivity contribution in [1.29, 1.82) is 0 Å². The second kappa shape index (κ2) is 6.12. The van der Waals surface area contributed by atoms with Crippen molar-refractivity contribution >= 4 is 10.8 Å². The highest BCUT2D eigenvalue weighted by molar-refractivity contribution is 5.85. The molecule has 0 atom stereocenters. The molecule has 0 aliphatic rings. The van der Waals surface area contributed by atoms with Gasteiger partial charge in [0, 0.05) is 18.3 Å². The molecule has 0 amide bonds. The van der Waals surface area contributed by atoms with Crippen LogP contribution in [0.1, 0.15) is 17.0 Å². The van der Waals surface area contributed by atoms with E-state index in [9.17, 15) is 4.79 Å². The Kier molecular flexibility index (Phi) is 4.02. The molecule has 5 nitrogen and oxygen atoms in total. The Morgan fingerprint density at radius 3 is 2.48 bits per heavy atom. The van der Waals surface area contributed by atoms with Crippen LogP contribution in [0.3, 0.4) is 0 Å². The fourth-order valence-corrected chi connectivity index (χ4v) is 2.46. The first-order valence-electron chi connectivity index (χ1n) is 7.21. The van der Waals surface area contributed by atoms with Gasteiger partial charge < -0.3 is 13.9 Å². The summed E-state index contributed by atoms with van der Waals surface area (Å²) >= 11 is 0. The number of nitrogens with zero attached hydrogens (tertiary/aromatic N) is 1. The van der Waals surface area contributed by atoms with Gasteiger partial charge in [0.2, 0.25) is 0 Å². The Balaban J connectivity index is 2.06. The van der Waals surface area contributed by atoms with Gasteiger partial charge in [0.15, 0.2) is 11.5 Å². The van der Waals surface area contributed by atoms with E-state index in [0.29, 0.717) is 29.1 Å². The van der Waals surface area contributed by atoms with Crippen LogP contribution in [0.15, 0.2) is 45.7 Å². The van der Waals surface area contributed by atoms with E-state index in [1.165, 1.54) is 7.11 Å². The number of methoxy groups -OCH3 is 2. The third-order valence-electron chi connectivity index (χ3n) is 3.67. The molecule has 118 valence electrons. The Morgan fingerprint density at radius 2 is 1.83 bits per heavy atom. The van der Waals surface area contributed by atoms with Crippen molar-refractivity contribution < 1.29 is 13.9 Å². The second-order valence-electron chi connectivity index (χ2n) is 5.28. The molecular weight excluding hydrogens is 294 g/mol. The number of rotatable bonds is 4. The number of hydrogen-bond donors (Lipinski definition) is 0. The maximum Gasteiger partial charge on any atom is 0.343 e. The van der Waals surface area contributed by atoms with E-state index >= 15 is 0 Å². The van der Waals surface area contributed by atoms with Gasteiger partial charge in [-0.1, -0.05) is 6.07 Å². The summed E-state index contributed by atoms with van der Waals surface area (Å²) < 4.78 is 15.9. The lowest BCUT2D eigenvalue weighted by Gasteiger charge is -2.09. The van der Waals surface area contributed by atoms with Gasteiger partial charge in [0.05, 0.1) is 19.6 Å². The quantitative estimate of drug-likeness (QED) is 0.741. The highest BCUT2D eigenvalue weighted by Gasteiger charge is 2.11. The molecule has 0 radical (unpaired) electrons.